The summed E-state index contributed by atoms with van der Waals surface area (Å²) in [5, 5.41) is 3.08. The molecule has 146 valence electrons. The monoisotopic (exact) mass is 398 g/mol. The van der Waals surface area contributed by atoms with Gasteiger partial charge in [-0.25, -0.2) is 4.39 Å². The summed E-state index contributed by atoms with van der Waals surface area (Å²) in [6.07, 6.45) is 2.56. The molecule has 2 aromatic carbocycles. The number of amides is 2. The van der Waals surface area contributed by atoms with Crippen LogP contribution < -0.4 is 5.32 Å². The molecule has 2 aliphatic rings. The average molecular weight is 399 g/mol. The standard InChI is InChI=1S/C22H23FN2O2S/c23-17-9-4-8-16-18(11-13-28-21(16)17)24-22(27)19-10-5-12-25(19)20(26)14-15-6-2-1-3-7-15/h1-4,6-9,18-19H,5,10-14H2,(H,24,27). The van der Waals surface area contributed by atoms with Crippen molar-refractivity contribution < 1.29 is 14.0 Å². The van der Waals surface area contributed by atoms with Gasteiger partial charge in [-0.15, -0.1) is 11.8 Å². The smallest absolute Gasteiger partial charge is 0.243 e. The zero-order chi connectivity index (χ0) is 19.5. The van der Waals surface area contributed by atoms with Gasteiger partial charge >= 0.3 is 0 Å². The molecule has 2 unspecified atom stereocenters. The van der Waals surface area contributed by atoms with Crippen LogP contribution in [0.4, 0.5) is 4.39 Å². The number of likely N-dealkylation sites (tertiary alicyclic amines) is 1. The maximum Gasteiger partial charge on any atom is 0.243 e. The lowest BCUT2D eigenvalue weighted by atomic mass is 10.0. The highest BCUT2D eigenvalue weighted by Crippen LogP contribution is 2.38. The van der Waals surface area contributed by atoms with Gasteiger partial charge in [-0.1, -0.05) is 42.5 Å². The highest BCUT2D eigenvalue weighted by atomic mass is 32.2. The molecule has 2 aromatic rings. The number of rotatable bonds is 4. The van der Waals surface area contributed by atoms with E-state index in [1.165, 1.54) is 17.8 Å². The quantitative estimate of drug-likeness (QED) is 0.854. The van der Waals surface area contributed by atoms with E-state index in [0.29, 0.717) is 24.3 Å². The normalized spacial score (nSPS) is 21.2. The van der Waals surface area contributed by atoms with Crippen molar-refractivity contribution in [1.29, 1.82) is 0 Å². The fourth-order valence-corrected chi connectivity index (χ4v) is 5.15. The van der Waals surface area contributed by atoms with Gasteiger partial charge in [0, 0.05) is 17.2 Å². The number of carbonyl (C=O) groups excluding carboxylic acids is 2. The van der Waals surface area contributed by atoms with Crippen LogP contribution in [0, 0.1) is 5.82 Å². The first kappa shape index (κ1) is 19.0. The van der Waals surface area contributed by atoms with Gasteiger partial charge in [0.1, 0.15) is 11.9 Å². The molecule has 0 saturated carbocycles. The van der Waals surface area contributed by atoms with Crippen LogP contribution >= 0.6 is 11.8 Å². The Morgan fingerprint density at radius 1 is 1.11 bits per heavy atom. The third-order valence-electron chi connectivity index (χ3n) is 5.42. The molecule has 2 amide bonds. The lowest BCUT2D eigenvalue weighted by Crippen LogP contribution is -2.47. The van der Waals surface area contributed by atoms with Crippen molar-refractivity contribution in [3.05, 3.63) is 65.5 Å². The minimum Gasteiger partial charge on any atom is -0.347 e. The van der Waals surface area contributed by atoms with E-state index in [0.717, 1.165) is 29.7 Å². The molecule has 2 heterocycles. The molecule has 0 aromatic heterocycles. The third-order valence-corrected chi connectivity index (χ3v) is 6.58. The predicted octanol–water partition coefficient (Wildman–Crippen LogP) is 3.71. The molecule has 28 heavy (non-hydrogen) atoms. The Hall–Kier alpha value is -2.34. The number of halogens is 1. The molecule has 2 aliphatic heterocycles. The van der Waals surface area contributed by atoms with Gasteiger partial charge in [-0.3, -0.25) is 9.59 Å². The number of nitrogens with one attached hydrogen (secondary N) is 1. The molecule has 4 nitrogen and oxygen atoms in total. The molecule has 1 saturated heterocycles. The van der Waals surface area contributed by atoms with Crippen LogP contribution in [0.5, 0.6) is 0 Å². The van der Waals surface area contributed by atoms with E-state index in [-0.39, 0.29) is 23.7 Å². The van der Waals surface area contributed by atoms with Crippen molar-refractivity contribution in [1.82, 2.24) is 10.2 Å². The maximum absolute atomic E-state index is 14.1. The molecule has 2 atom stereocenters. The molecule has 0 aliphatic carbocycles. The van der Waals surface area contributed by atoms with Crippen molar-refractivity contribution in [3.63, 3.8) is 0 Å². The second-order valence-electron chi connectivity index (χ2n) is 7.26. The van der Waals surface area contributed by atoms with E-state index in [1.54, 1.807) is 11.0 Å². The largest absolute Gasteiger partial charge is 0.347 e. The minimum absolute atomic E-state index is 0.0190. The van der Waals surface area contributed by atoms with Gasteiger partial charge in [0.2, 0.25) is 11.8 Å². The van der Waals surface area contributed by atoms with Gasteiger partial charge in [-0.05, 0) is 36.5 Å². The van der Waals surface area contributed by atoms with Gasteiger partial charge in [0.25, 0.3) is 0 Å². The van der Waals surface area contributed by atoms with Crippen molar-refractivity contribution in [2.75, 3.05) is 12.3 Å². The van der Waals surface area contributed by atoms with E-state index in [9.17, 15) is 14.0 Å². The zero-order valence-electron chi connectivity index (χ0n) is 15.6. The Kier molecular flexibility index (Phi) is 5.67. The second-order valence-corrected chi connectivity index (χ2v) is 8.37. The topological polar surface area (TPSA) is 49.4 Å². The van der Waals surface area contributed by atoms with E-state index < -0.39 is 6.04 Å². The molecule has 4 rings (SSSR count). The Balaban J connectivity index is 1.45. The number of hydrogen-bond donors (Lipinski definition) is 1. The number of nitrogens with zero attached hydrogens (tertiary/aromatic N) is 1. The van der Waals surface area contributed by atoms with Crippen molar-refractivity contribution in [2.24, 2.45) is 0 Å². The highest BCUT2D eigenvalue weighted by Gasteiger charge is 2.35. The van der Waals surface area contributed by atoms with Crippen LogP contribution in [0.1, 0.15) is 36.4 Å². The first-order valence-corrected chi connectivity index (χ1v) is 10.7. The number of carbonyl (C=O) groups is 2. The summed E-state index contributed by atoms with van der Waals surface area (Å²) >= 11 is 1.49. The lowest BCUT2D eigenvalue weighted by Gasteiger charge is -2.29. The maximum atomic E-state index is 14.1. The van der Waals surface area contributed by atoms with Crippen molar-refractivity contribution >= 4 is 23.6 Å². The van der Waals surface area contributed by atoms with Crippen molar-refractivity contribution in [3.8, 4) is 0 Å². The Morgan fingerprint density at radius 3 is 2.75 bits per heavy atom. The van der Waals surface area contributed by atoms with Gasteiger partial charge in [-0.2, -0.15) is 0 Å². The molecular formula is C22H23FN2O2S. The van der Waals surface area contributed by atoms with E-state index >= 15 is 0 Å². The van der Waals surface area contributed by atoms with Gasteiger partial charge < -0.3 is 10.2 Å². The first-order chi connectivity index (χ1) is 13.6. The highest BCUT2D eigenvalue weighted by molar-refractivity contribution is 7.99. The molecule has 0 bridgehead atoms. The zero-order valence-corrected chi connectivity index (χ0v) is 16.4. The summed E-state index contributed by atoms with van der Waals surface area (Å²) in [4.78, 5) is 28.1. The predicted molar refractivity (Wildman–Crippen MR) is 108 cm³/mol. The summed E-state index contributed by atoms with van der Waals surface area (Å²) in [6, 6.07) is 14.0. The molecule has 0 radical (unpaired) electrons. The number of benzene rings is 2. The third kappa shape index (κ3) is 3.92. The van der Waals surface area contributed by atoms with E-state index in [1.807, 2.05) is 36.4 Å². The summed E-state index contributed by atoms with van der Waals surface area (Å²) in [6.45, 7) is 0.607. The fraction of sp³-hybridized carbons (Fsp3) is 0.364. The summed E-state index contributed by atoms with van der Waals surface area (Å²) in [5.74, 6) is 0.378. The van der Waals surface area contributed by atoms with Crippen molar-refractivity contribution in [2.45, 2.75) is 42.7 Å². The van der Waals surface area contributed by atoms with Crippen LogP contribution in [0.25, 0.3) is 0 Å². The van der Waals surface area contributed by atoms with Gasteiger partial charge in [0.05, 0.1) is 12.5 Å². The molecule has 0 spiro atoms. The molecule has 1 N–H and O–H groups in total. The molecule has 1 fully saturated rings. The molecule has 6 heteroatoms. The molecular weight excluding hydrogens is 375 g/mol. The summed E-state index contributed by atoms with van der Waals surface area (Å²) in [7, 11) is 0. The fourth-order valence-electron chi connectivity index (χ4n) is 4.01. The van der Waals surface area contributed by atoms with Crippen LogP contribution in [-0.2, 0) is 16.0 Å². The van der Waals surface area contributed by atoms with Crippen LogP contribution in [0.2, 0.25) is 0 Å². The number of fused-ring (bicyclic) bond motifs is 1. The van der Waals surface area contributed by atoms with Crippen LogP contribution in [0.15, 0.2) is 53.4 Å². The minimum atomic E-state index is -0.442. The second kappa shape index (κ2) is 8.35. The summed E-state index contributed by atoms with van der Waals surface area (Å²) in [5.41, 5.74) is 1.79. The van der Waals surface area contributed by atoms with E-state index in [2.05, 4.69) is 5.32 Å². The van der Waals surface area contributed by atoms with Gasteiger partial charge in [0.15, 0.2) is 0 Å². The van der Waals surface area contributed by atoms with Crippen LogP contribution in [0.3, 0.4) is 0 Å². The number of thioether (sulfide) groups is 1. The Morgan fingerprint density at radius 2 is 1.93 bits per heavy atom. The lowest BCUT2D eigenvalue weighted by molar-refractivity contribution is -0.138. The average Bonchev–Trinajstić information content (AvgIpc) is 3.20. The summed E-state index contributed by atoms with van der Waals surface area (Å²) < 4.78 is 14.1. The Labute approximate surface area is 168 Å². The number of hydrogen-bond acceptors (Lipinski definition) is 3. The Bertz CT molecular complexity index is 874. The SMILES string of the molecule is O=C(NC1CCSc2c(F)cccc21)C1CCCN1C(=O)Cc1ccccc1. The van der Waals surface area contributed by atoms with Crippen LogP contribution in [-0.4, -0.2) is 35.1 Å². The first-order valence-electron chi connectivity index (χ1n) is 9.68. The van der Waals surface area contributed by atoms with E-state index in [4.69, 9.17) is 0 Å².